The third-order valence-electron chi connectivity index (χ3n) is 4.46. The molecule has 1 atom stereocenters. The lowest BCUT2D eigenvalue weighted by molar-refractivity contribution is 0.0952. The molecule has 4 rings (SSSR count). The van der Waals surface area contributed by atoms with Crippen molar-refractivity contribution in [3.05, 3.63) is 93.3 Å². The molecule has 1 unspecified atom stereocenters. The molecule has 3 nitrogen and oxygen atoms in total. The van der Waals surface area contributed by atoms with Crippen LogP contribution in [0.1, 0.15) is 26.7 Å². The number of aromatic amines is 1. The van der Waals surface area contributed by atoms with Crippen LogP contribution in [0.15, 0.2) is 72.2 Å². The molecule has 1 amide bonds. The number of fused-ring (bicyclic) bond motifs is 1. The van der Waals surface area contributed by atoms with Gasteiger partial charge in [-0.2, -0.15) is 0 Å². The molecule has 2 aromatic carbocycles. The van der Waals surface area contributed by atoms with Gasteiger partial charge in [-0.25, -0.2) is 0 Å². The molecule has 2 heterocycles. The molecule has 26 heavy (non-hydrogen) atoms. The zero-order chi connectivity index (χ0) is 17.9. The van der Waals surface area contributed by atoms with Gasteiger partial charge in [0.15, 0.2) is 0 Å². The maximum absolute atomic E-state index is 12.5. The highest BCUT2D eigenvalue weighted by atomic mass is 35.5. The number of hydrogen-bond donors (Lipinski definition) is 2. The predicted octanol–water partition coefficient (Wildman–Crippen LogP) is 5.44. The summed E-state index contributed by atoms with van der Waals surface area (Å²) >= 11 is 7.61. The lowest BCUT2D eigenvalue weighted by atomic mass is 9.96. The number of hydrogen-bond acceptors (Lipinski definition) is 2. The van der Waals surface area contributed by atoms with Gasteiger partial charge in [-0.1, -0.05) is 35.9 Å². The Morgan fingerprint density at radius 1 is 1.08 bits per heavy atom. The average Bonchev–Trinajstić information content (AvgIpc) is 3.33. The third-order valence-corrected chi connectivity index (χ3v) is 5.69. The molecule has 2 aromatic heterocycles. The van der Waals surface area contributed by atoms with Crippen molar-refractivity contribution in [3.63, 3.8) is 0 Å². The van der Waals surface area contributed by atoms with Crippen molar-refractivity contribution >= 4 is 39.7 Å². The number of halogens is 1. The van der Waals surface area contributed by atoms with E-state index in [-0.39, 0.29) is 11.8 Å². The highest BCUT2D eigenvalue weighted by molar-refractivity contribution is 7.10. The average molecular weight is 381 g/mol. The van der Waals surface area contributed by atoms with Crippen molar-refractivity contribution < 1.29 is 4.79 Å². The van der Waals surface area contributed by atoms with E-state index in [4.69, 9.17) is 11.6 Å². The summed E-state index contributed by atoms with van der Waals surface area (Å²) in [5.41, 5.74) is 2.91. The summed E-state index contributed by atoms with van der Waals surface area (Å²) in [6.45, 7) is 0.532. The van der Waals surface area contributed by atoms with Crippen LogP contribution in [0.3, 0.4) is 0 Å². The maximum Gasteiger partial charge on any atom is 0.251 e. The van der Waals surface area contributed by atoms with E-state index < -0.39 is 0 Å². The number of carbonyl (C=O) groups is 1. The van der Waals surface area contributed by atoms with Crippen molar-refractivity contribution in [2.24, 2.45) is 0 Å². The summed E-state index contributed by atoms with van der Waals surface area (Å²) in [4.78, 5) is 17.1. The van der Waals surface area contributed by atoms with Gasteiger partial charge in [-0.3, -0.25) is 4.79 Å². The van der Waals surface area contributed by atoms with E-state index in [1.54, 1.807) is 35.6 Å². The number of nitrogens with one attached hydrogen (secondary N) is 2. The van der Waals surface area contributed by atoms with Crippen LogP contribution in [-0.2, 0) is 0 Å². The predicted molar refractivity (Wildman–Crippen MR) is 108 cm³/mol. The standard InChI is InChI=1S/C21H17ClN2OS/c22-15-9-7-14(8-10-15)21(25)24-13-18(20-6-3-11-26-20)17-12-23-19-5-2-1-4-16(17)19/h1-12,18,23H,13H2,(H,24,25). The molecule has 0 saturated carbocycles. The van der Waals surface area contributed by atoms with Crippen molar-refractivity contribution in [2.75, 3.05) is 6.54 Å². The number of aromatic nitrogens is 1. The fourth-order valence-corrected chi connectivity index (χ4v) is 4.11. The first-order chi connectivity index (χ1) is 12.7. The second-order valence-electron chi connectivity index (χ2n) is 6.07. The van der Waals surface area contributed by atoms with Gasteiger partial charge in [0.1, 0.15) is 0 Å². The summed E-state index contributed by atoms with van der Waals surface area (Å²) in [6, 6.07) is 19.3. The molecule has 0 bridgehead atoms. The monoisotopic (exact) mass is 380 g/mol. The Balaban J connectivity index is 1.61. The van der Waals surface area contributed by atoms with E-state index in [0.29, 0.717) is 17.1 Å². The minimum Gasteiger partial charge on any atom is -0.361 e. The van der Waals surface area contributed by atoms with Gasteiger partial charge < -0.3 is 10.3 Å². The normalized spacial score (nSPS) is 12.2. The van der Waals surface area contributed by atoms with E-state index in [2.05, 4.69) is 33.9 Å². The van der Waals surface area contributed by atoms with Crippen LogP contribution in [0.25, 0.3) is 10.9 Å². The largest absolute Gasteiger partial charge is 0.361 e. The van der Waals surface area contributed by atoms with Crippen LogP contribution in [0, 0.1) is 0 Å². The Kier molecular flexibility index (Phi) is 4.78. The van der Waals surface area contributed by atoms with E-state index in [0.717, 1.165) is 5.52 Å². The minimum absolute atomic E-state index is 0.0944. The Labute approximate surface area is 160 Å². The second-order valence-corrected chi connectivity index (χ2v) is 7.49. The molecule has 0 radical (unpaired) electrons. The first-order valence-electron chi connectivity index (χ1n) is 8.35. The van der Waals surface area contributed by atoms with Crippen LogP contribution < -0.4 is 5.32 Å². The van der Waals surface area contributed by atoms with Crippen LogP contribution in [0.5, 0.6) is 0 Å². The fraction of sp³-hybridized carbons (Fsp3) is 0.0952. The van der Waals surface area contributed by atoms with Gasteiger partial charge in [-0.05, 0) is 47.3 Å². The summed E-state index contributed by atoms with van der Waals surface area (Å²) in [6.07, 6.45) is 2.05. The number of carbonyl (C=O) groups excluding carboxylic acids is 1. The molecule has 0 spiro atoms. The molecule has 130 valence electrons. The van der Waals surface area contributed by atoms with E-state index >= 15 is 0 Å². The summed E-state index contributed by atoms with van der Waals surface area (Å²) in [5.74, 6) is 0.00506. The summed E-state index contributed by atoms with van der Waals surface area (Å²) < 4.78 is 0. The first kappa shape index (κ1) is 16.9. The van der Waals surface area contributed by atoms with Crippen LogP contribution in [0.4, 0.5) is 0 Å². The summed E-state index contributed by atoms with van der Waals surface area (Å²) in [5, 5.41) is 6.95. The molecule has 2 N–H and O–H groups in total. The number of benzene rings is 2. The Morgan fingerprint density at radius 2 is 1.88 bits per heavy atom. The van der Waals surface area contributed by atoms with E-state index in [1.165, 1.54) is 15.8 Å². The topological polar surface area (TPSA) is 44.9 Å². The number of H-pyrrole nitrogens is 1. The number of para-hydroxylation sites is 1. The number of amides is 1. The minimum atomic E-state index is -0.0944. The highest BCUT2D eigenvalue weighted by Gasteiger charge is 2.20. The molecule has 0 aliphatic heterocycles. The quantitative estimate of drug-likeness (QED) is 0.475. The Bertz CT molecular complexity index is 1020. The Hall–Kier alpha value is -2.56. The smallest absolute Gasteiger partial charge is 0.251 e. The fourth-order valence-electron chi connectivity index (χ4n) is 3.13. The van der Waals surface area contributed by atoms with Crippen LogP contribution in [-0.4, -0.2) is 17.4 Å². The molecule has 4 aromatic rings. The van der Waals surface area contributed by atoms with Crippen molar-refractivity contribution in [3.8, 4) is 0 Å². The maximum atomic E-state index is 12.5. The Morgan fingerprint density at radius 3 is 2.65 bits per heavy atom. The lowest BCUT2D eigenvalue weighted by Gasteiger charge is -2.16. The molecule has 5 heteroatoms. The van der Waals surface area contributed by atoms with Gasteiger partial charge in [0.25, 0.3) is 5.91 Å². The SMILES string of the molecule is O=C(NCC(c1cccs1)c1c[nH]c2ccccc12)c1ccc(Cl)cc1. The zero-order valence-corrected chi connectivity index (χ0v) is 15.5. The van der Waals surface area contributed by atoms with Crippen molar-refractivity contribution in [1.29, 1.82) is 0 Å². The molecular formula is C21H17ClN2OS. The van der Waals surface area contributed by atoms with Crippen molar-refractivity contribution in [1.82, 2.24) is 10.3 Å². The summed E-state index contributed by atoms with van der Waals surface area (Å²) in [7, 11) is 0. The number of rotatable bonds is 5. The highest BCUT2D eigenvalue weighted by Crippen LogP contribution is 2.32. The second kappa shape index (κ2) is 7.36. The molecule has 0 aliphatic rings. The third kappa shape index (κ3) is 3.39. The van der Waals surface area contributed by atoms with Gasteiger partial charge in [0.05, 0.1) is 0 Å². The van der Waals surface area contributed by atoms with Gasteiger partial charge in [-0.15, -0.1) is 11.3 Å². The molecule has 0 fully saturated rings. The zero-order valence-electron chi connectivity index (χ0n) is 13.9. The van der Waals surface area contributed by atoms with Gasteiger partial charge in [0.2, 0.25) is 0 Å². The first-order valence-corrected chi connectivity index (χ1v) is 9.61. The van der Waals surface area contributed by atoms with Gasteiger partial charge in [0, 0.05) is 45.0 Å². The van der Waals surface area contributed by atoms with Crippen LogP contribution in [0.2, 0.25) is 5.02 Å². The van der Waals surface area contributed by atoms with Crippen LogP contribution >= 0.6 is 22.9 Å². The van der Waals surface area contributed by atoms with Crippen molar-refractivity contribution in [2.45, 2.75) is 5.92 Å². The lowest BCUT2D eigenvalue weighted by Crippen LogP contribution is -2.28. The van der Waals surface area contributed by atoms with E-state index in [9.17, 15) is 4.79 Å². The number of thiophene rings is 1. The van der Waals surface area contributed by atoms with Gasteiger partial charge >= 0.3 is 0 Å². The molecule has 0 saturated heterocycles. The van der Waals surface area contributed by atoms with E-state index in [1.807, 2.05) is 24.4 Å². The molecule has 0 aliphatic carbocycles. The molecular weight excluding hydrogens is 364 g/mol.